The molecule has 2 nitrogen and oxygen atoms in total. The van der Waals surface area contributed by atoms with Crippen LogP contribution in [0.4, 0.5) is 5.69 Å². The van der Waals surface area contributed by atoms with Crippen molar-refractivity contribution >= 4 is 40.5 Å². The predicted molar refractivity (Wildman–Crippen MR) is 81.6 cm³/mol. The van der Waals surface area contributed by atoms with Crippen molar-refractivity contribution < 1.29 is 5.11 Å². The smallest absolute Gasteiger partial charge is 0.139 e. The van der Waals surface area contributed by atoms with Gasteiger partial charge in [-0.15, -0.1) is 0 Å². The van der Waals surface area contributed by atoms with E-state index in [0.29, 0.717) is 22.2 Å². The number of aromatic hydroxyl groups is 1. The average Bonchev–Trinajstić information content (AvgIpc) is 2.36. The lowest BCUT2D eigenvalue weighted by molar-refractivity contribution is 0.469. The molecule has 0 spiro atoms. The SMILES string of the molecule is Cc1ccc(NCc2cc(Cl)cc(Cl)c2O)cc1Cl. The number of rotatable bonds is 3. The van der Waals surface area contributed by atoms with Crippen molar-refractivity contribution in [3.8, 4) is 5.75 Å². The molecule has 0 amide bonds. The Morgan fingerprint density at radius 2 is 1.79 bits per heavy atom. The fourth-order valence-electron chi connectivity index (χ4n) is 1.65. The van der Waals surface area contributed by atoms with Gasteiger partial charge in [-0.25, -0.2) is 0 Å². The molecular formula is C14H12Cl3NO. The number of aryl methyl sites for hydroxylation is 1. The van der Waals surface area contributed by atoms with Crippen LogP contribution in [0.25, 0.3) is 0 Å². The van der Waals surface area contributed by atoms with E-state index in [1.165, 1.54) is 6.07 Å². The number of hydrogen-bond acceptors (Lipinski definition) is 2. The zero-order valence-electron chi connectivity index (χ0n) is 10.2. The van der Waals surface area contributed by atoms with Gasteiger partial charge >= 0.3 is 0 Å². The molecule has 2 rings (SSSR count). The number of phenolic OH excluding ortho intramolecular Hbond substituents is 1. The summed E-state index contributed by atoms with van der Waals surface area (Å²) in [5, 5.41) is 14.4. The van der Waals surface area contributed by atoms with Crippen molar-refractivity contribution in [2.24, 2.45) is 0 Å². The summed E-state index contributed by atoms with van der Waals surface area (Å²) in [7, 11) is 0. The van der Waals surface area contributed by atoms with Crippen LogP contribution >= 0.6 is 34.8 Å². The lowest BCUT2D eigenvalue weighted by Gasteiger charge is -2.10. The van der Waals surface area contributed by atoms with E-state index in [2.05, 4.69) is 5.32 Å². The number of benzene rings is 2. The van der Waals surface area contributed by atoms with Gasteiger partial charge in [-0.1, -0.05) is 40.9 Å². The first-order chi connectivity index (χ1) is 8.97. The molecule has 0 saturated carbocycles. The number of hydrogen-bond donors (Lipinski definition) is 2. The predicted octanol–water partition coefficient (Wildman–Crippen LogP) is 5.27. The number of nitrogens with one attached hydrogen (secondary N) is 1. The first-order valence-electron chi connectivity index (χ1n) is 5.64. The average molecular weight is 317 g/mol. The third kappa shape index (κ3) is 3.47. The lowest BCUT2D eigenvalue weighted by atomic mass is 10.2. The summed E-state index contributed by atoms with van der Waals surface area (Å²) in [5.41, 5.74) is 2.51. The van der Waals surface area contributed by atoms with Gasteiger partial charge in [-0.05, 0) is 36.8 Å². The van der Waals surface area contributed by atoms with Crippen LogP contribution in [0.2, 0.25) is 15.1 Å². The molecule has 0 heterocycles. The molecule has 5 heteroatoms. The van der Waals surface area contributed by atoms with Crippen LogP contribution in [0.3, 0.4) is 0 Å². The molecule has 2 N–H and O–H groups in total. The maximum Gasteiger partial charge on any atom is 0.139 e. The second-order valence-electron chi connectivity index (χ2n) is 4.21. The van der Waals surface area contributed by atoms with Crippen LogP contribution in [0, 0.1) is 6.92 Å². The Hall–Kier alpha value is -1.09. The van der Waals surface area contributed by atoms with E-state index in [4.69, 9.17) is 34.8 Å². The fourth-order valence-corrected chi connectivity index (χ4v) is 2.37. The van der Waals surface area contributed by atoms with Crippen LogP contribution in [-0.4, -0.2) is 5.11 Å². The molecule has 0 aliphatic rings. The van der Waals surface area contributed by atoms with E-state index in [0.717, 1.165) is 11.3 Å². The Morgan fingerprint density at radius 1 is 1.05 bits per heavy atom. The van der Waals surface area contributed by atoms with Gasteiger partial charge in [-0.2, -0.15) is 0 Å². The Labute approximate surface area is 126 Å². The lowest BCUT2D eigenvalue weighted by Crippen LogP contribution is -2.00. The minimum absolute atomic E-state index is 0.0387. The fraction of sp³-hybridized carbons (Fsp3) is 0.143. The first kappa shape index (κ1) is 14.3. The molecule has 100 valence electrons. The van der Waals surface area contributed by atoms with Crippen LogP contribution in [-0.2, 0) is 6.54 Å². The molecule has 19 heavy (non-hydrogen) atoms. The maximum absolute atomic E-state index is 9.84. The van der Waals surface area contributed by atoms with Crippen LogP contribution < -0.4 is 5.32 Å². The van der Waals surface area contributed by atoms with Crippen molar-refractivity contribution in [3.63, 3.8) is 0 Å². The van der Waals surface area contributed by atoms with E-state index in [-0.39, 0.29) is 10.8 Å². The first-order valence-corrected chi connectivity index (χ1v) is 6.77. The zero-order valence-corrected chi connectivity index (χ0v) is 12.4. The highest BCUT2D eigenvalue weighted by atomic mass is 35.5. The quantitative estimate of drug-likeness (QED) is 0.808. The highest BCUT2D eigenvalue weighted by Gasteiger charge is 2.08. The molecule has 0 unspecified atom stereocenters. The molecule has 2 aromatic carbocycles. The van der Waals surface area contributed by atoms with Crippen molar-refractivity contribution in [3.05, 3.63) is 56.5 Å². The van der Waals surface area contributed by atoms with Crippen molar-refractivity contribution in [1.82, 2.24) is 0 Å². The molecule has 0 aromatic heterocycles. The largest absolute Gasteiger partial charge is 0.506 e. The third-order valence-corrected chi connectivity index (χ3v) is 3.68. The molecule has 0 radical (unpaired) electrons. The molecular weight excluding hydrogens is 305 g/mol. The van der Waals surface area contributed by atoms with Gasteiger partial charge < -0.3 is 10.4 Å². The molecule has 0 atom stereocenters. The van der Waals surface area contributed by atoms with Crippen LogP contribution in [0.15, 0.2) is 30.3 Å². The second kappa shape index (κ2) is 5.91. The molecule has 0 bridgehead atoms. The molecule has 0 saturated heterocycles. The van der Waals surface area contributed by atoms with Gasteiger partial charge in [0.2, 0.25) is 0 Å². The zero-order chi connectivity index (χ0) is 14.0. The minimum atomic E-state index is 0.0387. The van der Waals surface area contributed by atoms with Gasteiger partial charge in [0.25, 0.3) is 0 Å². The summed E-state index contributed by atoms with van der Waals surface area (Å²) in [6.07, 6.45) is 0. The van der Waals surface area contributed by atoms with Gasteiger partial charge in [-0.3, -0.25) is 0 Å². The van der Waals surface area contributed by atoms with E-state index in [1.54, 1.807) is 6.07 Å². The molecule has 2 aromatic rings. The number of anilines is 1. The van der Waals surface area contributed by atoms with Gasteiger partial charge in [0.15, 0.2) is 0 Å². The molecule has 0 aliphatic heterocycles. The Bertz CT molecular complexity index is 614. The van der Waals surface area contributed by atoms with E-state index in [1.807, 2.05) is 25.1 Å². The maximum atomic E-state index is 9.84. The summed E-state index contributed by atoms with van der Waals surface area (Å²) in [4.78, 5) is 0. The van der Waals surface area contributed by atoms with E-state index >= 15 is 0 Å². The van der Waals surface area contributed by atoms with Crippen LogP contribution in [0.5, 0.6) is 5.75 Å². The topological polar surface area (TPSA) is 32.3 Å². The van der Waals surface area contributed by atoms with Crippen molar-refractivity contribution in [2.45, 2.75) is 13.5 Å². The Balaban J connectivity index is 2.16. The number of phenols is 1. The second-order valence-corrected chi connectivity index (χ2v) is 5.46. The van der Waals surface area contributed by atoms with E-state index < -0.39 is 0 Å². The highest BCUT2D eigenvalue weighted by Crippen LogP contribution is 2.31. The normalized spacial score (nSPS) is 10.5. The summed E-state index contributed by atoms with van der Waals surface area (Å²) >= 11 is 17.8. The molecule has 0 aliphatic carbocycles. The monoisotopic (exact) mass is 315 g/mol. The third-order valence-electron chi connectivity index (χ3n) is 2.76. The number of halogens is 3. The molecule has 0 fully saturated rings. The summed E-state index contributed by atoms with van der Waals surface area (Å²) in [6, 6.07) is 8.86. The van der Waals surface area contributed by atoms with Gasteiger partial charge in [0.1, 0.15) is 5.75 Å². The minimum Gasteiger partial charge on any atom is -0.506 e. The standard InChI is InChI=1S/C14H12Cl3NO/c1-8-2-3-11(6-12(8)16)18-7-9-4-10(15)5-13(17)14(9)19/h2-6,18-19H,7H2,1H3. The summed E-state index contributed by atoms with van der Waals surface area (Å²) < 4.78 is 0. The van der Waals surface area contributed by atoms with Crippen LogP contribution in [0.1, 0.15) is 11.1 Å². The van der Waals surface area contributed by atoms with E-state index in [9.17, 15) is 5.11 Å². The van der Waals surface area contributed by atoms with Gasteiger partial charge in [0.05, 0.1) is 5.02 Å². The summed E-state index contributed by atoms with van der Waals surface area (Å²) in [6.45, 7) is 2.35. The van der Waals surface area contributed by atoms with Crippen molar-refractivity contribution in [2.75, 3.05) is 5.32 Å². The summed E-state index contributed by atoms with van der Waals surface area (Å²) in [5.74, 6) is 0.0387. The van der Waals surface area contributed by atoms with Gasteiger partial charge in [0, 0.05) is 27.8 Å². The highest BCUT2D eigenvalue weighted by molar-refractivity contribution is 6.35. The Kier molecular flexibility index (Phi) is 4.46. The van der Waals surface area contributed by atoms with Crippen molar-refractivity contribution in [1.29, 1.82) is 0 Å². The Morgan fingerprint density at radius 3 is 2.47 bits per heavy atom.